The van der Waals surface area contributed by atoms with E-state index < -0.39 is 14.6 Å². The Balaban J connectivity index is 2.46. The molecule has 1 fully saturated rings. The average molecular weight is 248 g/mol. The second kappa shape index (κ2) is 5.02. The van der Waals surface area contributed by atoms with Gasteiger partial charge in [0.2, 0.25) is 0 Å². The van der Waals surface area contributed by atoms with Gasteiger partial charge in [-0.2, -0.15) is 0 Å². The minimum atomic E-state index is -3.00. The molecule has 1 unspecified atom stereocenters. The van der Waals surface area contributed by atoms with Gasteiger partial charge in [-0.1, -0.05) is 0 Å². The van der Waals surface area contributed by atoms with Crippen molar-refractivity contribution in [1.29, 1.82) is 0 Å². The van der Waals surface area contributed by atoms with Crippen LogP contribution in [0.4, 0.5) is 0 Å². The molecule has 1 saturated heterocycles. The number of likely N-dealkylation sites (tertiary alicyclic amines) is 1. The van der Waals surface area contributed by atoms with Crippen LogP contribution in [0.15, 0.2) is 0 Å². The van der Waals surface area contributed by atoms with E-state index in [9.17, 15) is 8.42 Å². The molecule has 0 spiro atoms. The fourth-order valence-electron chi connectivity index (χ4n) is 1.85. The number of nitrogens with two attached hydrogens (primary N) is 1. The molecule has 1 atom stereocenters. The molecule has 1 heterocycles. The highest BCUT2D eigenvalue weighted by Gasteiger charge is 2.29. The maximum absolute atomic E-state index is 11.9. The van der Waals surface area contributed by atoms with E-state index in [0.717, 1.165) is 25.9 Å². The van der Waals surface area contributed by atoms with Crippen LogP contribution >= 0.6 is 0 Å². The molecule has 0 bridgehead atoms. The zero-order chi connectivity index (χ0) is 12.4. The second-order valence-corrected chi connectivity index (χ2v) is 8.50. The number of rotatable bonds is 3. The molecule has 0 aromatic heterocycles. The Morgan fingerprint density at radius 3 is 2.50 bits per heavy atom. The molecule has 1 aliphatic heterocycles. The first-order valence-corrected chi connectivity index (χ1v) is 7.58. The quantitative estimate of drug-likeness (QED) is 0.795. The van der Waals surface area contributed by atoms with Crippen molar-refractivity contribution in [3.05, 3.63) is 0 Å². The molecular formula is C11H24N2O2S. The molecule has 0 saturated carbocycles. The van der Waals surface area contributed by atoms with E-state index in [1.807, 2.05) is 0 Å². The molecule has 0 aromatic carbocycles. The van der Waals surface area contributed by atoms with Crippen LogP contribution in [0.2, 0.25) is 0 Å². The third-order valence-corrected chi connectivity index (χ3v) is 5.74. The Hall–Kier alpha value is -0.130. The Morgan fingerprint density at radius 2 is 2.00 bits per heavy atom. The summed E-state index contributed by atoms with van der Waals surface area (Å²) in [4.78, 5) is 2.16. The minimum absolute atomic E-state index is 0.214. The van der Waals surface area contributed by atoms with E-state index in [1.165, 1.54) is 0 Å². The summed E-state index contributed by atoms with van der Waals surface area (Å²) in [5.41, 5.74) is 5.86. The maximum atomic E-state index is 11.9. The van der Waals surface area contributed by atoms with Crippen LogP contribution in [0.3, 0.4) is 0 Å². The molecule has 0 aliphatic carbocycles. The Morgan fingerprint density at radius 1 is 1.38 bits per heavy atom. The van der Waals surface area contributed by atoms with Crippen LogP contribution in [0.5, 0.6) is 0 Å². The molecule has 16 heavy (non-hydrogen) atoms. The van der Waals surface area contributed by atoms with Crippen molar-refractivity contribution in [2.75, 3.05) is 25.4 Å². The van der Waals surface area contributed by atoms with Gasteiger partial charge in [-0.15, -0.1) is 0 Å². The maximum Gasteiger partial charge on any atom is 0.156 e. The number of hydrogen-bond acceptors (Lipinski definition) is 4. The standard InChI is InChI=1S/C11H24N2O2S/c1-11(2,3)16(14,15)8-7-13-6-4-5-10(12)9-13/h10H,4-9,12H2,1-3H3. The van der Waals surface area contributed by atoms with Gasteiger partial charge in [0, 0.05) is 19.1 Å². The van der Waals surface area contributed by atoms with Crippen molar-refractivity contribution < 1.29 is 8.42 Å². The van der Waals surface area contributed by atoms with Crippen molar-refractivity contribution in [2.45, 2.75) is 44.4 Å². The van der Waals surface area contributed by atoms with E-state index in [2.05, 4.69) is 4.90 Å². The number of piperidine rings is 1. The number of hydrogen-bond donors (Lipinski definition) is 1. The summed E-state index contributed by atoms with van der Waals surface area (Å²) >= 11 is 0. The van der Waals surface area contributed by atoms with Crippen molar-refractivity contribution in [3.8, 4) is 0 Å². The Kier molecular flexibility index (Phi) is 4.37. The first-order valence-electron chi connectivity index (χ1n) is 5.92. The first kappa shape index (κ1) is 13.9. The zero-order valence-corrected chi connectivity index (χ0v) is 11.4. The van der Waals surface area contributed by atoms with Gasteiger partial charge in [0.05, 0.1) is 10.5 Å². The third kappa shape index (κ3) is 3.71. The predicted octanol–water partition coefficient (Wildman–Crippen LogP) is 0.623. The first-order chi connectivity index (χ1) is 7.22. The van der Waals surface area contributed by atoms with Crippen molar-refractivity contribution >= 4 is 9.84 Å². The van der Waals surface area contributed by atoms with Gasteiger partial charge < -0.3 is 10.6 Å². The average Bonchev–Trinajstić information content (AvgIpc) is 2.13. The molecule has 0 amide bonds. The highest BCUT2D eigenvalue weighted by molar-refractivity contribution is 7.92. The third-order valence-electron chi connectivity index (χ3n) is 3.15. The summed E-state index contributed by atoms with van der Waals surface area (Å²) in [6.45, 7) is 7.69. The van der Waals surface area contributed by atoms with Gasteiger partial charge in [0.15, 0.2) is 9.84 Å². The lowest BCUT2D eigenvalue weighted by molar-refractivity contribution is 0.219. The summed E-state index contributed by atoms with van der Waals surface area (Å²) in [7, 11) is -3.00. The van der Waals surface area contributed by atoms with E-state index in [0.29, 0.717) is 6.54 Å². The molecule has 0 aromatic rings. The summed E-state index contributed by atoms with van der Waals surface area (Å²) in [6, 6.07) is 0.214. The lowest BCUT2D eigenvalue weighted by Gasteiger charge is -2.31. The van der Waals surface area contributed by atoms with Gasteiger partial charge in [-0.05, 0) is 40.2 Å². The van der Waals surface area contributed by atoms with E-state index in [1.54, 1.807) is 20.8 Å². The molecule has 1 aliphatic rings. The Bertz CT molecular complexity index is 319. The molecule has 5 heteroatoms. The largest absolute Gasteiger partial charge is 0.327 e. The summed E-state index contributed by atoms with van der Waals surface area (Å²) < 4.78 is 23.2. The van der Waals surface area contributed by atoms with Gasteiger partial charge in [0.1, 0.15) is 0 Å². The van der Waals surface area contributed by atoms with E-state index in [-0.39, 0.29) is 11.8 Å². The molecule has 2 N–H and O–H groups in total. The second-order valence-electron chi connectivity index (χ2n) is 5.63. The lowest BCUT2D eigenvalue weighted by Crippen LogP contribution is -2.45. The van der Waals surface area contributed by atoms with Gasteiger partial charge in [-0.25, -0.2) is 8.42 Å². The van der Waals surface area contributed by atoms with Gasteiger partial charge >= 0.3 is 0 Å². The van der Waals surface area contributed by atoms with E-state index >= 15 is 0 Å². The van der Waals surface area contributed by atoms with Crippen LogP contribution in [0.25, 0.3) is 0 Å². The normalized spacial score (nSPS) is 24.6. The number of nitrogens with zero attached hydrogens (tertiary/aromatic N) is 1. The fraction of sp³-hybridized carbons (Fsp3) is 1.00. The summed E-state index contributed by atoms with van der Waals surface area (Å²) in [5.74, 6) is 0.239. The van der Waals surface area contributed by atoms with Crippen LogP contribution in [-0.4, -0.2) is 49.5 Å². The topological polar surface area (TPSA) is 63.4 Å². The van der Waals surface area contributed by atoms with Crippen LogP contribution in [-0.2, 0) is 9.84 Å². The molecule has 0 radical (unpaired) electrons. The van der Waals surface area contributed by atoms with Gasteiger partial charge in [0.25, 0.3) is 0 Å². The molecule has 96 valence electrons. The Labute approximate surface area is 99.1 Å². The van der Waals surface area contributed by atoms with E-state index in [4.69, 9.17) is 5.73 Å². The van der Waals surface area contributed by atoms with Crippen molar-refractivity contribution in [1.82, 2.24) is 4.90 Å². The highest BCUT2D eigenvalue weighted by Crippen LogP contribution is 2.17. The predicted molar refractivity (Wildman–Crippen MR) is 67.2 cm³/mol. The summed E-state index contributed by atoms with van der Waals surface area (Å²) in [5, 5.41) is 0. The zero-order valence-electron chi connectivity index (χ0n) is 10.6. The smallest absolute Gasteiger partial charge is 0.156 e. The number of sulfone groups is 1. The fourth-order valence-corrected chi connectivity index (χ4v) is 2.96. The monoisotopic (exact) mass is 248 g/mol. The lowest BCUT2D eigenvalue weighted by atomic mass is 10.1. The molecule has 4 nitrogen and oxygen atoms in total. The highest BCUT2D eigenvalue weighted by atomic mass is 32.2. The minimum Gasteiger partial charge on any atom is -0.327 e. The SMILES string of the molecule is CC(C)(C)S(=O)(=O)CCN1CCCC(N)C1. The van der Waals surface area contributed by atoms with Crippen molar-refractivity contribution in [2.24, 2.45) is 5.73 Å². The molecule has 1 rings (SSSR count). The van der Waals surface area contributed by atoms with Crippen LogP contribution in [0.1, 0.15) is 33.6 Å². The summed E-state index contributed by atoms with van der Waals surface area (Å²) in [6.07, 6.45) is 2.14. The molecular weight excluding hydrogens is 224 g/mol. The van der Waals surface area contributed by atoms with Crippen LogP contribution < -0.4 is 5.73 Å². The van der Waals surface area contributed by atoms with Crippen LogP contribution in [0, 0.1) is 0 Å². The van der Waals surface area contributed by atoms with Gasteiger partial charge in [-0.3, -0.25) is 0 Å². The van der Waals surface area contributed by atoms with Crippen molar-refractivity contribution in [3.63, 3.8) is 0 Å².